The van der Waals surface area contributed by atoms with Crippen LogP contribution in [0.25, 0.3) is 11.5 Å². The van der Waals surface area contributed by atoms with Gasteiger partial charge in [0.1, 0.15) is 5.82 Å². The molecule has 1 amide bonds. The van der Waals surface area contributed by atoms with Crippen molar-refractivity contribution >= 4 is 17.4 Å². The molecule has 0 saturated carbocycles. The lowest BCUT2D eigenvalue weighted by atomic mass is 10.3. The van der Waals surface area contributed by atoms with Crippen LogP contribution in [0.4, 0.5) is 5.82 Å². The summed E-state index contributed by atoms with van der Waals surface area (Å²) in [7, 11) is 0. The van der Waals surface area contributed by atoms with Gasteiger partial charge in [0, 0.05) is 18.6 Å². The molecule has 0 aliphatic carbocycles. The van der Waals surface area contributed by atoms with E-state index >= 15 is 0 Å². The minimum Gasteiger partial charge on any atom is -0.382 e. The van der Waals surface area contributed by atoms with Crippen LogP contribution in [0.5, 0.6) is 0 Å². The predicted octanol–water partition coefficient (Wildman–Crippen LogP) is -0.404. The highest BCUT2D eigenvalue weighted by molar-refractivity contribution is 5.92. The van der Waals surface area contributed by atoms with E-state index in [-0.39, 0.29) is 0 Å². The molecule has 90 valence electrons. The topological polar surface area (TPSA) is 117 Å². The van der Waals surface area contributed by atoms with E-state index in [0.29, 0.717) is 22.8 Å². The van der Waals surface area contributed by atoms with E-state index < -0.39 is 5.91 Å². The van der Waals surface area contributed by atoms with Gasteiger partial charge in [-0.25, -0.2) is 14.6 Å². The molecule has 0 aromatic carbocycles. The van der Waals surface area contributed by atoms with Crippen LogP contribution in [0.15, 0.2) is 31.0 Å². The highest BCUT2D eigenvalue weighted by atomic mass is 16.1. The Kier molecular flexibility index (Phi) is 2.03. The summed E-state index contributed by atoms with van der Waals surface area (Å²) in [5, 5.41) is 4.02. The lowest BCUT2D eigenvalue weighted by Gasteiger charge is -2.03. The molecular formula is C10H9N7O. The zero-order chi connectivity index (χ0) is 12.7. The number of nitrogens with zero attached hydrogens (tertiary/aromatic N) is 5. The molecule has 0 saturated heterocycles. The third-order valence-corrected chi connectivity index (χ3v) is 2.46. The van der Waals surface area contributed by atoms with Gasteiger partial charge in [-0.05, 0) is 0 Å². The average molecular weight is 243 g/mol. The number of amides is 1. The van der Waals surface area contributed by atoms with Crippen molar-refractivity contribution in [3.05, 3.63) is 36.5 Å². The zero-order valence-electron chi connectivity index (χ0n) is 9.19. The summed E-state index contributed by atoms with van der Waals surface area (Å²) < 4.78 is 3.14. The number of hydrogen-bond acceptors (Lipinski definition) is 5. The van der Waals surface area contributed by atoms with Gasteiger partial charge in [0.25, 0.3) is 5.91 Å². The maximum absolute atomic E-state index is 11.0. The fourth-order valence-electron chi connectivity index (χ4n) is 1.65. The molecule has 0 unspecified atom stereocenters. The molecule has 8 heteroatoms. The van der Waals surface area contributed by atoms with Crippen molar-refractivity contribution < 1.29 is 4.79 Å². The van der Waals surface area contributed by atoms with Gasteiger partial charge in [0.05, 0.1) is 18.0 Å². The van der Waals surface area contributed by atoms with Crippen LogP contribution in [0.2, 0.25) is 0 Å². The van der Waals surface area contributed by atoms with Crippen LogP contribution in [0.1, 0.15) is 10.4 Å². The SMILES string of the molecule is NC(=O)c1cnn(-c2nc(N)cn3ccnc23)c1. The summed E-state index contributed by atoms with van der Waals surface area (Å²) in [6.07, 6.45) is 7.86. The molecule has 0 aliphatic rings. The molecular weight excluding hydrogens is 234 g/mol. The molecule has 3 rings (SSSR count). The molecule has 3 aromatic rings. The van der Waals surface area contributed by atoms with Crippen LogP contribution >= 0.6 is 0 Å². The minimum absolute atomic E-state index is 0.295. The summed E-state index contributed by atoms with van der Waals surface area (Å²) in [5.41, 5.74) is 11.7. The van der Waals surface area contributed by atoms with E-state index in [4.69, 9.17) is 11.5 Å². The summed E-state index contributed by atoms with van der Waals surface area (Å²) in [6.45, 7) is 0. The Balaban J connectivity index is 2.23. The van der Waals surface area contributed by atoms with Crippen molar-refractivity contribution in [2.45, 2.75) is 0 Å². The lowest BCUT2D eigenvalue weighted by molar-refractivity contribution is 0.100. The average Bonchev–Trinajstić information content (AvgIpc) is 2.95. The quantitative estimate of drug-likeness (QED) is 0.634. The first-order valence-corrected chi connectivity index (χ1v) is 5.09. The monoisotopic (exact) mass is 243 g/mol. The normalized spacial score (nSPS) is 10.9. The first kappa shape index (κ1) is 10.3. The number of carbonyl (C=O) groups is 1. The third kappa shape index (κ3) is 1.47. The fraction of sp³-hybridized carbons (Fsp3) is 0. The van der Waals surface area contributed by atoms with Gasteiger partial charge in [-0.1, -0.05) is 0 Å². The molecule has 4 N–H and O–H groups in total. The number of imidazole rings is 1. The van der Waals surface area contributed by atoms with Crippen LogP contribution in [0, 0.1) is 0 Å². The van der Waals surface area contributed by atoms with Gasteiger partial charge < -0.3 is 15.9 Å². The fourth-order valence-corrected chi connectivity index (χ4v) is 1.65. The van der Waals surface area contributed by atoms with Gasteiger partial charge in [-0.2, -0.15) is 5.10 Å². The number of fused-ring (bicyclic) bond motifs is 1. The van der Waals surface area contributed by atoms with E-state index in [9.17, 15) is 4.79 Å². The highest BCUT2D eigenvalue weighted by Crippen LogP contribution is 2.14. The second-order valence-corrected chi connectivity index (χ2v) is 3.69. The van der Waals surface area contributed by atoms with Crippen molar-refractivity contribution in [1.29, 1.82) is 0 Å². The maximum atomic E-state index is 11.0. The summed E-state index contributed by atoms with van der Waals surface area (Å²) in [4.78, 5) is 19.3. The van der Waals surface area contributed by atoms with Gasteiger partial charge in [0.2, 0.25) is 0 Å². The Morgan fingerprint density at radius 2 is 2.17 bits per heavy atom. The number of carbonyl (C=O) groups excluding carboxylic acids is 1. The van der Waals surface area contributed by atoms with Crippen molar-refractivity contribution in [1.82, 2.24) is 24.1 Å². The van der Waals surface area contributed by atoms with Gasteiger partial charge in [-0.3, -0.25) is 4.79 Å². The molecule has 0 radical (unpaired) electrons. The van der Waals surface area contributed by atoms with Crippen LogP contribution in [-0.2, 0) is 0 Å². The Morgan fingerprint density at radius 1 is 1.33 bits per heavy atom. The molecule has 0 bridgehead atoms. The van der Waals surface area contributed by atoms with Crippen molar-refractivity contribution in [2.75, 3.05) is 5.73 Å². The Hall–Kier alpha value is -2.90. The van der Waals surface area contributed by atoms with E-state index in [1.54, 1.807) is 23.0 Å². The minimum atomic E-state index is -0.551. The standard InChI is InChI=1S/C10H9N7O/c11-7-5-16-2-1-13-9(16)10(15-7)17-4-6(3-14-17)8(12)18/h1-5H,11H2,(H2,12,18). The molecule has 0 aliphatic heterocycles. The molecule has 0 spiro atoms. The van der Waals surface area contributed by atoms with Crippen molar-refractivity contribution in [2.24, 2.45) is 5.73 Å². The predicted molar refractivity (Wildman–Crippen MR) is 63.0 cm³/mol. The Bertz CT molecular complexity index is 742. The zero-order valence-corrected chi connectivity index (χ0v) is 9.19. The number of anilines is 1. The number of aromatic nitrogens is 5. The van der Waals surface area contributed by atoms with Crippen LogP contribution in [0.3, 0.4) is 0 Å². The maximum Gasteiger partial charge on any atom is 0.251 e. The number of rotatable bonds is 2. The first-order valence-electron chi connectivity index (χ1n) is 5.09. The van der Waals surface area contributed by atoms with Crippen molar-refractivity contribution in [3.8, 4) is 5.82 Å². The summed E-state index contributed by atoms with van der Waals surface area (Å²) >= 11 is 0. The largest absolute Gasteiger partial charge is 0.382 e. The van der Waals surface area contributed by atoms with E-state index in [1.807, 2.05) is 0 Å². The smallest absolute Gasteiger partial charge is 0.251 e. The molecule has 3 aromatic heterocycles. The second kappa shape index (κ2) is 3.55. The lowest BCUT2D eigenvalue weighted by Crippen LogP contribution is -2.10. The number of primary amides is 1. The molecule has 18 heavy (non-hydrogen) atoms. The molecule has 0 atom stereocenters. The highest BCUT2D eigenvalue weighted by Gasteiger charge is 2.11. The van der Waals surface area contributed by atoms with Gasteiger partial charge in [-0.15, -0.1) is 0 Å². The summed E-state index contributed by atoms with van der Waals surface area (Å²) in [5.74, 6) is 0.212. The Morgan fingerprint density at radius 3 is 2.89 bits per heavy atom. The van der Waals surface area contributed by atoms with E-state index in [2.05, 4.69) is 15.1 Å². The first-order chi connectivity index (χ1) is 8.65. The third-order valence-electron chi connectivity index (χ3n) is 2.46. The van der Waals surface area contributed by atoms with E-state index in [1.165, 1.54) is 17.1 Å². The number of nitrogens with two attached hydrogens (primary N) is 2. The molecule has 8 nitrogen and oxygen atoms in total. The van der Waals surface area contributed by atoms with E-state index in [0.717, 1.165) is 0 Å². The van der Waals surface area contributed by atoms with Crippen LogP contribution in [-0.4, -0.2) is 30.1 Å². The molecule has 3 heterocycles. The second-order valence-electron chi connectivity index (χ2n) is 3.69. The van der Waals surface area contributed by atoms with Crippen molar-refractivity contribution in [3.63, 3.8) is 0 Å². The van der Waals surface area contributed by atoms with Gasteiger partial charge >= 0.3 is 0 Å². The van der Waals surface area contributed by atoms with Gasteiger partial charge in [0.15, 0.2) is 11.5 Å². The number of hydrogen-bond donors (Lipinski definition) is 2. The summed E-state index contributed by atoms with van der Waals surface area (Å²) in [6, 6.07) is 0. The van der Waals surface area contributed by atoms with Crippen LogP contribution < -0.4 is 11.5 Å². The molecule has 0 fully saturated rings. The number of nitrogen functional groups attached to an aromatic ring is 1. The Labute approximate surface area is 101 Å².